The molecular formula is C22H24N4O3. The molecule has 1 aromatic carbocycles. The fraction of sp³-hybridized carbons (Fsp3) is 0.364. The zero-order chi connectivity index (χ0) is 20.4. The van der Waals surface area contributed by atoms with E-state index in [9.17, 15) is 9.59 Å². The number of anilines is 1. The van der Waals surface area contributed by atoms with Crippen LogP contribution < -0.4 is 10.5 Å². The number of hydrogen-bond donors (Lipinski definition) is 0. The number of aryl methyl sites for hydroxylation is 2. The molecule has 0 N–H and O–H groups in total. The number of nitrogens with zero attached hydrogens (tertiary/aromatic N) is 4. The standard InChI is InChI=1S/C22H24N4O3/c1-3-17-13-20(24-14-23-17)25-6-8-26(9-7-25)21(27)11-16-12-22(28)29-19-10-15(2)4-5-18(16)19/h4-5,10,12-14H,3,6-9,11H2,1-2H3. The third-order valence-electron chi connectivity index (χ3n) is 5.36. The van der Waals surface area contributed by atoms with Crippen molar-refractivity contribution >= 4 is 22.7 Å². The molecule has 7 heteroatoms. The normalized spacial score (nSPS) is 14.4. The lowest BCUT2D eigenvalue weighted by Gasteiger charge is -2.35. The third kappa shape index (κ3) is 4.13. The summed E-state index contributed by atoms with van der Waals surface area (Å²) in [6.07, 6.45) is 2.66. The molecule has 1 amide bonds. The lowest BCUT2D eigenvalue weighted by molar-refractivity contribution is -0.130. The molecule has 0 atom stereocenters. The first kappa shape index (κ1) is 19.1. The molecule has 7 nitrogen and oxygen atoms in total. The molecule has 0 unspecified atom stereocenters. The van der Waals surface area contributed by atoms with Gasteiger partial charge in [-0.25, -0.2) is 14.8 Å². The van der Waals surface area contributed by atoms with Gasteiger partial charge >= 0.3 is 5.63 Å². The van der Waals surface area contributed by atoms with E-state index in [2.05, 4.69) is 21.8 Å². The number of amides is 1. The number of fused-ring (bicyclic) bond motifs is 1. The molecule has 4 rings (SSSR count). The largest absolute Gasteiger partial charge is 0.423 e. The van der Waals surface area contributed by atoms with Crippen molar-refractivity contribution in [3.8, 4) is 0 Å². The summed E-state index contributed by atoms with van der Waals surface area (Å²) in [6.45, 7) is 6.72. The lowest BCUT2D eigenvalue weighted by atomic mass is 10.0. The first-order valence-corrected chi connectivity index (χ1v) is 9.90. The quantitative estimate of drug-likeness (QED) is 0.634. The summed E-state index contributed by atoms with van der Waals surface area (Å²) < 4.78 is 5.29. The highest BCUT2D eigenvalue weighted by atomic mass is 16.4. The maximum atomic E-state index is 12.9. The smallest absolute Gasteiger partial charge is 0.336 e. The van der Waals surface area contributed by atoms with E-state index in [1.807, 2.05) is 36.1 Å². The zero-order valence-corrected chi connectivity index (χ0v) is 16.7. The van der Waals surface area contributed by atoms with E-state index >= 15 is 0 Å². The van der Waals surface area contributed by atoms with Crippen LogP contribution in [0.5, 0.6) is 0 Å². The summed E-state index contributed by atoms with van der Waals surface area (Å²) in [5, 5.41) is 0.815. The predicted octanol–water partition coefficient (Wildman–Crippen LogP) is 2.35. The Labute approximate surface area is 169 Å². The minimum absolute atomic E-state index is 0.0223. The maximum Gasteiger partial charge on any atom is 0.336 e. The van der Waals surface area contributed by atoms with Crippen LogP contribution in [0.15, 0.2) is 45.9 Å². The van der Waals surface area contributed by atoms with E-state index in [1.165, 1.54) is 6.07 Å². The predicted molar refractivity (Wildman–Crippen MR) is 111 cm³/mol. The Morgan fingerprint density at radius 1 is 1.10 bits per heavy atom. The van der Waals surface area contributed by atoms with Gasteiger partial charge in [0.15, 0.2) is 0 Å². The molecule has 0 saturated carbocycles. The maximum absolute atomic E-state index is 12.9. The molecule has 3 heterocycles. The van der Waals surface area contributed by atoms with E-state index in [1.54, 1.807) is 6.33 Å². The van der Waals surface area contributed by atoms with Crippen LogP contribution in [0, 0.1) is 6.92 Å². The Morgan fingerprint density at radius 2 is 1.90 bits per heavy atom. The Bertz CT molecular complexity index is 1100. The molecule has 1 aliphatic heterocycles. The van der Waals surface area contributed by atoms with E-state index in [0.29, 0.717) is 24.2 Å². The van der Waals surface area contributed by atoms with Gasteiger partial charge in [-0.1, -0.05) is 19.1 Å². The molecular weight excluding hydrogens is 368 g/mol. The molecule has 1 fully saturated rings. The average molecular weight is 392 g/mol. The second-order valence-electron chi connectivity index (χ2n) is 7.36. The second kappa shape index (κ2) is 8.03. The number of carbonyl (C=O) groups is 1. The first-order valence-electron chi connectivity index (χ1n) is 9.90. The first-order chi connectivity index (χ1) is 14.0. The van der Waals surface area contributed by atoms with Gasteiger partial charge in [-0.2, -0.15) is 0 Å². The van der Waals surface area contributed by atoms with Crippen LogP contribution in [0.2, 0.25) is 0 Å². The second-order valence-corrected chi connectivity index (χ2v) is 7.36. The Hall–Kier alpha value is -3.22. The average Bonchev–Trinajstić information content (AvgIpc) is 2.73. The Morgan fingerprint density at radius 3 is 2.66 bits per heavy atom. The van der Waals surface area contributed by atoms with Gasteiger partial charge < -0.3 is 14.2 Å². The molecule has 0 radical (unpaired) electrons. The summed E-state index contributed by atoms with van der Waals surface area (Å²) in [6, 6.07) is 9.14. The van der Waals surface area contributed by atoms with Gasteiger partial charge in [0.05, 0.1) is 6.42 Å². The Balaban J connectivity index is 1.45. The van der Waals surface area contributed by atoms with Crippen LogP contribution in [-0.2, 0) is 17.6 Å². The number of aromatic nitrogens is 2. The van der Waals surface area contributed by atoms with Crippen molar-refractivity contribution in [3.05, 3.63) is 63.9 Å². The van der Waals surface area contributed by atoms with Crippen molar-refractivity contribution in [3.63, 3.8) is 0 Å². The third-order valence-corrected chi connectivity index (χ3v) is 5.36. The molecule has 3 aromatic rings. The highest BCUT2D eigenvalue weighted by Gasteiger charge is 2.23. The van der Waals surface area contributed by atoms with Gasteiger partial charge in [0.2, 0.25) is 5.91 Å². The SMILES string of the molecule is CCc1cc(N2CCN(C(=O)Cc3cc(=O)oc4cc(C)ccc34)CC2)ncn1. The summed E-state index contributed by atoms with van der Waals surface area (Å²) >= 11 is 0. The monoisotopic (exact) mass is 392 g/mol. The van der Waals surface area contributed by atoms with Crippen molar-refractivity contribution in [2.45, 2.75) is 26.7 Å². The summed E-state index contributed by atoms with van der Waals surface area (Å²) in [7, 11) is 0. The van der Waals surface area contributed by atoms with Gasteiger partial charge in [0, 0.05) is 49.4 Å². The molecule has 29 heavy (non-hydrogen) atoms. The molecule has 2 aromatic heterocycles. The number of hydrogen-bond acceptors (Lipinski definition) is 6. The summed E-state index contributed by atoms with van der Waals surface area (Å²) in [5.41, 5.74) is 2.84. The van der Waals surface area contributed by atoms with Gasteiger partial charge in [0.25, 0.3) is 0 Å². The summed E-state index contributed by atoms with van der Waals surface area (Å²) in [5.74, 6) is 0.931. The highest BCUT2D eigenvalue weighted by molar-refractivity contribution is 5.87. The molecule has 1 saturated heterocycles. The van der Waals surface area contributed by atoms with Crippen molar-refractivity contribution in [1.82, 2.24) is 14.9 Å². The number of rotatable bonds is 4. The van der Waals surface area contributed by atoms with E-state index in [0.717, 1.165) is 42.0 Å². The van der Waals surface area contributed by atoms with E-state index in [4.69, 9.17) is 4.42 Å². The number of carbonyl (C=O) groups excluding carboxylic acids is 1. The number of benzene rings is 1. The van der Waals surface area contributed by atoms with E-state index in [-0.39, 0.29) is 12.3 Å². The van der Waals surface area contributed by atoms with Crippen molar-refractivity contribution in [1.29, 1.82) is 0 Å². The highest BCUT2D eigenvalue weighted by Crippen LogP contribution is 2.20. The van der Waals surface area contributed by atoms with Gasteiger partial charge in [-0.05, 0) is 30.5 Å². The van der Waals surface area contributed by atoms with Gasteiger partial charge in [-0.15, -0.1) is 0 Å². The van der Waals surface area contributed by atoms with Gasteiger partial charge in [0.1, 0.15) is 17.7 Å². The Kier molecular flexibility index (Phi) is 5.29. The minimum Gasteiger partial charge on any atom is -0.423 e. The van der Waals surface area contributed by atoms with E-state index < -0.39 is 5.63 Å². The summed E-state index contributed by atoms with van der Waals surface area (Å²) in [4.78, 5) is 37.4. The fourth-order valence-electron chi connectivity index (χ4n) is 3.70. The molecule has 0 bridgehead atoms. The van der Waals surface area contributed by atoms with Crippen molar-refractivity contribution in [2.24, 2.45) is 0 Å². The zero-order valence-electron chi connectivity index (χ0n) is 16.7. The van der Waals surface area contributed by atoms with Crippen molar-refractivity contribution in [2.75, 3.05) is 31.1 Å². The lowest BCUT2D eigenvalue weighted by Crippen LogP contribution is -2.49. The molecule has 0 aliphatic carbocycles. The number of piperazine rings is 1. The van der Waals surface area contributed by atoms with Crippen LogP contribution >= 0.6 is 0 Å². The topological polar surface area (TPSA) is 79.5 Å². The van der Waals surface area contributed by atoms with Crippen LogP contribution in [0.3, 0.4) is 0 Å². The van der Waals surface area contributed by atoms with Gasteiger partial charge in [-0.3, -0.25) is 4.79 Å². The van der Waals surface area contributed by atoms with Crippen LogP contribution in [0.1, 0.15) is 23.7 Å². The molecule has 0 spiro atoms. The van der Waals surface area contributed by atoms with Crippen LogP contribution in [0.25, 0.3) is 11.0 Å². The van der Waals surface area contributed by atoms with Crippen molar-refractivity contribution < 1.29 is 9.21 Å². The van der Waals surface area contributed by atoms with Crippen LogP contribution in [0.4, 0.5) is 5.82 Å². The fourth-order valence-corrected chi connectivity index (χ4v) is 3.70. The molecule has 150 valence electrons. The van der Waals surface area contributed by atoms with Crippen LogP contribution in [-0.4, -0.2) is 47.0 Å². The minimum atomic E-state index is -0.425. The molecule has 1 aliphatic rings.